The summed E-state index contributed by atoms with van der Waals surface area (Å²) in [5, 5.41) is 5.53. The van der Waals surface area contributed by atoms with Crippen molar-refractivity contribution in [2.45, 2.75) is 26.4 Å². The van der Waals surface area contributed by atoms with Crippen molar-refractivity contribution in [2.75, 3.05) is 25.6 Å². The molecule has 6 heteroatoms. The molecule has 0 spiro atoms. The monoisotopic (exact) mass is 370 g/mol. The molecule has 27 heavy (non-hydrogen) atoms. The van der Waals surface area contributed by atoms with E-state index in [0.717, 1.165) is 12.0 Å². The quantitative estimate of drug-likeness (QED) is 0.665. The fourth-order valence-corrected chi connectivity index (χ4v) is 2.54. The highest BCUT2D eigenvalue weighted by atomic mass is 16.5. The molecule has 0 bridgehead atoms. The number of nitrogens with one attached hydrogen (secondary N) is 2. The van der Waals surface area contributed by atoms with Gasteiger partial charge >= 0.3 is 0 Å². The second-order valence-corrected chi connectivity index (χ2v) is 6.00. The molecule has 1 atom stereocenters. The van der Waals surface area contributed by atoms with Gasteiger partial charge in [-0.05, 0) is 37.1 Å². The van der Waals surface area contributed by atoms with Gasteiger partial charge in [0.05, 0.1) is 17.9 Å². The fraction of sp³-hybridized carbons (Fsp3) is 0.333. The Balaban J connectivity index is 2.05. The van der Waals surface area contributed by atoms with Crippen LogP contribution in [0.15, 0.2) is 48.5 Å². The molecule has 2 N–H and O–H groups in total. The number of carbonyl (C=O) groups is 2. The van der Waals surface area contributed by atoms with Crippen molar-refractivity contribution in [3.8, 4) is 5.75 Å². The van der Waals surface area contributed by atoms with Crippen LogP contribution in [0.4, 0.5) is 5.69 Å². The molecule has 2 amide bonds. The Bertz CT molecular complexity index is 776. The average molecular weight is 370 g/mol. The number of anilines is 1. The minimum Gasteiger partial charge on any atom is -0.481 e. The third kappa shape index (κ3) is 5.82. The lowest BCUT2D eigenvalue weighted by Crippen LogP contribution is -2.32. The van der Waals surface area contributed by atoms with Gasteiger partial charge in [0.1, 0.15) is 5.75 Å². The number of para-hydroxylation sites is 2. The molecule has 1 unspecified atom stereocenters. The van der Waals surface area contributed by atoms with Crippen LogP contribution in [0.5, 0.6) is 5.75 Å². The first-order chi connectivity index (χ1) is 13.1. The molecule has 0 aromatic heterocycles. The van der Waals surface area contributed by atoms with Gasteiger partial charge < -0.3 is 20.1 Å². The Morgan fingerprint density at radius 2 is 1.78 bits per heavy atom. The van der Waals surface area contributed by atoms with E-state index in [2.05, 4.69) is 10.6 Å². The van der Waals surface area contributed by atoms with Crippen LogP contribution in [0.1, 0.15) is 29.8 Å². The summed E-state index contributed by atoms with van der Waals surface area (Å²) >= 11 is 0. The number of amides is 2. The zero-order valence-electron chi connectivity index (χ0n) is 16.0. The predicted molar refractivity (Wildman–Crippen MR) is 105 cm³/mol. The molecule has 2 aromatic rings. The van der Waals surface area contributed by atoms with Gasteiger partial charge in [0.15, 0.2) is 6.10 Å². The molecule has 0 saturated heterocycles. The van der Waals surface area contributed by atoms with Crippen molar-refractivity contribution in [1.29, 1.82) is 0 Å². The van der Waals surface area contributed by atoms with Gasteiger partial charge in [-0.2, -0.15) is 0 Å². The highest BCUT2D eigenvalue weighted by molar-refractivity contribution is 6.04. The van der Waals surface area contributed by atoms with Crippen molar-refractivity contribution in [1.82, 2.24) is 5.32 Å². The van der Waals surface area contributed by atoms with Crippen molar-refractivity contribution in [3.05, 3.63) is 59.7 Å². The maximum atomic E-state index is 12.6. The van der Waals surface area contributed by atoms with Gasteiger partial charge in [0, 0.05) is 13.7 Å². The molecule has 0 aliphatic heterocycles. The van der Waals surface area contributed by atoms with E-state index in [0.29, 0.717) is 30.2 Å². The lowest BCUT2D eigenvalue weighted by molar-refractivity contribution is -0.122. The molecule has 0 heterocycles. The molecule has 144 valence electrons. The summed E-state index contributed by atoms with van der Waals surface area (Å²) in [4.78, 5) is 24.9. The Morgan fingerprint density at radius 3 is 2.52 bits per heavy atom. The number of benzene rings is 2. The fourth-order valence-electron chi connectivity index (χ4n) is 2.54. The third-order valence-corrected chi connectivity index (χ3v) is 4.05. The molecule has 0 aliphatic carbocycles. The van der Waals surface area contributed by atoms with Crippen molar-refractivity contribution < 1.29 is 19.1 Å². The minimum absolute atomic E-state index is 0.271. The van der Waals surface area contributed by atoms with Crippen molar-refractivity contribution >= 4 is 17.5 Å². The largest absolute Gasteiger partial charge is 0.481 e. The van der Waals surface area contributed by atoms with Crippen LogP contribution < -0.4 is 15.4 Å². The first kappa shape index (κ1) is 20.5. The van der Waals surface area contributed by atoms with E-state index in [4.69, 9.17) is 9.47 Å². The third-order valence-electron chi connectivity index (χ3n) is 4.05. The van der Waals surface area contributed by atoms with Crippen LogP contribution in [0, 0.1) is 0 Å². The number of rotatable bonds is 9. The van der Waals surface area contributed by atoms with E-state index < -0.39 is 6.10 Å². The van der Waals surface area contributed by atoms with Gasteiger partial charge in [-0.25, -0.2) is 0 Å². The highest BCUT2D eigenvalue weighted by Gasteiger charge is 2.19. The first-order valence-electron chi connectivity index (χ1n) is 8.98. The lowest BCUT2D eigenvalue weighted by atomic mass is 10.1. The molecule has 0 radical (unpaired) electrons. The summed E-state index contributed by atoms with van der Waals surface area (Å²) < 4.78 is 10.7. The van der Waals surface area contributed by atoms with Gasteiger partial charge in [-0.3, -0.25) is 9.59 Å². The molecule has 0 aliphatic rings. The number of hydrogen-bond donors (Lipinski definition) is 2. The average Bonchev–Trinajstić information content (AvgIpc) is 2.68. The number of ether oxygens (including phenoxy) is 2. The normalized spacial score (nSPS) is 11.5. The van der Waals surface area contributed by atoms with Gasteiger partial charge in [-0.15, -0.1) is 0 Å². The van der Waals surface area contributed by atoms with E-state index in [1.54, 1.807) is 38.3 Å². The topological polar surface area (TPSA) is 76.7 Å². The predicted octanol–water partition coefficient (Wildman–Crippen LogP) is 3.03. The Kier molecular flexibility index (Phi) is 7.82. The maximum Gasteiger partial charge on any atom is 0.265 e. The van der Waals surface area contributed by atoms with Gasteiger partial charge in [0.25, 0.3) is 11.8 Å². The van der Waals surface area contributed by atoms with Crippen molar-refractivity contribution in [2.24, 2.45) is 0 Å². The van der Waals surface area contributed by atoms with E-state index in [1.165, 1.54) is 0 Å². The van der Waals surface area contributed by atoms with Gasteiger partial charge in [-0.1, -0.05) is 37.3 Å². The van der Waals surface area contributed by atoms with E-state index in [1.807, 2.05) is 31.2 Å². The number of aryl methyl sites for hydroxylation is 1. The molecule has 0 fully saturated rings. The number of carbonyl (C=O) groups excluding carboxylic acids is 2. The molecular formula is C21H26N2O4. The van der Waals surface area contributed by atoms with Crippen LogP contribution in [-0.4, -0.2) is 38.2 Å². The maximum absolute atomic E-state index is 12.6. The SMILES string of the molecule is CCc1ccccc1OC(C)C(=O)Nc1ccccc1C(=O)NCCOC. The van der Waals surface area contributed by atoms with E-state index >= 15 is 0 Å². The van der Waals surface area contributed by atoms with Gasteiger partial charge in [0.2, 0.25) is 0 Å². The molecule has 2 rings (SSSR count). The lowest BCUT2D eigenvalue weighted by Gasteiger charge is -2.18. The van der Waals surface area contributed by atoms with Crippen LogP contribution in [-0.2, 0) is 16.0 Å². The van der Waals surface area contributed by atoms with Crippen molar-refractivity contribution in [3.63, 3.8) is 0 Å². The molecule has 2 aromatic carbocycles. The minimum atomic E-state index is -0.706. The smallest absolute Gasteiger partial charge is 0.265 e. The zero-order valence-corrected chi connectivity index (χ0v) is 16.0. The molecule has 6 nitrogen and oxygen atoms in total. The standard InChI is InChI=1S/C21H26N2O4/c1-4-16-9-5-8-12-19(16)27-15(2)20(24)23-18-11-7-6-10-17(18)21(25)22-13-14-26-3/h5-12,15H,4,13-14H2,1-3H3,(H,22,25)(H,23,24). The van der Waals surface area contributed by atoms with E-state index in [-0.39, 0.29) is 11.8 Å². The van der Waals surface area contributed by atoms with E-state index in [9.17, 15) is 9.59 Å². The van der Waals surface area contributed by atoms with Crippen LogP contribution in [0.2, 0.25) is 0 Å². The summed E-state index contributed by atoms with van der Waals surface area (Å²) in [6.45, 7) is 4.53. The molecule has 0 saturated carbocycles. The zero-order chi connectivity index (χ0) is 19.6. The Morgan fingerprint density at radius 1 is 1.07 bits per heavy atom. The van der Waals surface area contributed by atoms with Crippen LogP contribution in [0.25, 0.3) is 0 Å². The summed E-state index contributed by atoms with van der Waals surface area (Å²) in [6.07, 6.45) is 0.108. The second kappa shape index (κ2) is 10.3. The first-order valence-corrected chi connectivity index (χ1v) is 8.98. The number of hydrogen-bond acceptors (Lipinski definition) is 4. The second-order valence-electron chi connectivity index (χ2n) is 6.00. The van der Waals surface area contributed by atoms with Crippen LogP contribution >= 0.6 is 0 Å². The Hall–Kier alpha value is -2.86. The summed E-state index contributed by atoms with van der Waals surface area (Å²) in [5.41, 5.74) is 1.87. The summed E-state index contributed by atoms with van der Waals surface area (Å²) in [6, 6.07) is 14.5. The highest BCUT2D eigenvalue weighted by Crippen LogP contribution is 2.21. The summed E-state index contributed by atoms with van der Waals surface area (Å²) in [5.74, 6) is 0.0964. The molecular weight excluding hydrogens is 344 g/mol. The Labute approximate surface area is 159 Å². The van der Waals surface area contributed by atoms with Crippen LogP contribution in [0.3, 0.4) is 0 Å². The summed E-state index contributed by atoms with van der Waals surface area (Å²) in [7, 11) is 1.57. The number of methoxy groups -OCH3 is 1.